The number of aromatic carboxylic acids is 1. The van der Waals surface area contributed by atoms with Gasteiger partial charge >= 0.3 is 5.97 Å². The van der Waals surface area contributed by atoms with Crippen molar-refractivity contribution in [1.82, 2.24) is 4.72 Å². The Labute approximate surface area is 134 Å². The first-order valence-corrected chi connectivity index (χ1v) is 9.00. The molecule has 0 aliphatic rings. The molecule has 2 rings (SSSR count). The van der Waals surface area contributed by atoms with Gasteiger partial charge in [-0.1, -0.05) is 28.1 Å². The zero-order chi connectivity index (χ0) is 15.6. The number of sulfonamides is 1. The highest BCUT2D eigenvalue weighted by molar-refractivity contribution is 9.10. The van der Waals surface area contributed by atoms with Gasteiger partial charge in [-0.15, -0.1) is 11.3 Å². The molecule has 8 heteroatoms. The lowest BCUT2D eigenvalue weighted by atomic mass is 10.1. The number of carboxylic acid groups (broad SMARTS) is 1. The molecular weight excluding hydrogens is 378 g/mol. The highest BCUT2D eigenvalue weighted by Crippen LogP contribution is 2.24. The SMILES string of the molecule is C[C@@H](NS(=O)(=O)c1ccc(C(=O)O)s1)c1ccc(Br)cc1. The van der Waals surface area contributed by atoms with Gasteiger partial charge in [-0.25, -0.2) is 17.9 Å². The number of halogens is 1. The molecule has 0 fully saturated rings. The number of nitrogens with one attached hydrogen (secondary N) is 1. The highest BCUT2D eigenvalue weighted by Gasteiger charge is 2.21. The third-order valence-corrected chi connectivity index (χ3v) is 6.39. The number of thiophene rings is 1. The lowest BCUT2D eigenvalue weighted by molar-refractivity contribution is 0.0702. The first-order valence-electron chi connectivity index (χ1n) is 5.90. The molecule has 0 radical (unpaired) electrons. The van der Waals surface area contributed by atoms with Crippen LogP contribution in [0.15, 0.2) is 45.1 Å². The van der Waals surface area contributed by atoms with Gasteiger partial charge in [0, 0.05) is 10.5 Å². The Bertz CT molecular complexity index is 753. The van der Waals surface area contributed by atoms with E-state index in [1.807, 2.05) is 24.3 Å². The summed E-state index contributed by atoms with van der Waals surface area (Å²) in [5, 5.41) is 8.84. The molecule has 5 nitrogen and oxygen atoms in total. The molecule has 1 aromatic heterocycles. The molecule has 0 bridgehead atoms. The summed E-state index contributed by atoms with van der Waals surface area (Å²) in [4.78, 5) is 10.8. The molecule has 1 heterocycles. The van der Waals surface area contributed by atoms with Gasteiger partial charge in [-0.2, -0.15) is 0 Å². The second-order valence-electron chi connectivity index (χ2n) is 4.32. The van der Waals surface area contributed by atoms with E-state index in [1.165, 1.54) is 12.1 Å². The number of rotatable bonds is 5. The largest absolute Gasteiger partial charge is 0.477 e. The fraction of sp³-hybridized carbons (Fsp3) is 0.154. The van der Waals surface area contributed by atoms with Crippen LogP contribution in [-0.2, 0) is 10.0 Å². The smallest absolute Gasteiger partial charge is 0.345 e. The second-order valence-corrected chi connectivity index (χ2v) is 8.26. The fourth-order valence-electron chi connectivity index (χ4n) is 1.69. The van der Waals surface area contributed by atoms with Crippen LogP contribution in [0.25, 0.3) is 0 Å². The summed E-state index contributed by atoms with van der Waals surface area (Å²) < 4.78 is 27.9. The fourth-order valence-corrected chi connectivity index (χ4v) is 4.35. The molecule has 0 saturated heterocycles. The van der Waals surface area contributed by atoms with Gasteiger partial charge in [0.15, 0.2) is 0 Å². The molecule has 0 unspecified atom stereocenters. The molecule has 2 aromatic rings. The average Bonchev–Trinajstić information content (AvgIpc) is 2.89. The number of carboxylic acids is 1. The molecule has 0 aliphatic carbocycles. The Hall–Kier alpha value is -1.22. The van der Waals surface area contributed by atoms with E-state index in [1.54, 1.807) is 6.92 Å². The lowest BCUT2D eigenvalue weighted by Gasteiger charge is -2.13. The standard InChI is InChI=1S/C13H12BrNO4S2/c1-8(9-2-4-10(14)5-3-9)15-21(18,19)12-7-6-11(20-12)13(16)17/h2-8,15H,1H3,(H,16,17)/t8-/m1/s1. The molecular formula is C13H12BrNO4S2. The number of benzene rings is 1. The van der Waals surface area contributed by atoms with Crippen molar-refractivity contribution in [1.29, 1.82) is 0 Å². The minimum Gasteiger partial charge on any atom is -0.477 e. The van der Waals surface area contributed by atoms with Crippen LogP contribution in [0, 0.1) is 0 Å². The molecule has 0 saturated carbocycles. The van der Waals surface area contributed by atoms with E-state index in [0.29, 0.717) is 0 Å². The predicted molar refractivity (Wildman–Crippen MR) is 84.2 cm³/mol. The number of hydrogen-bond donors (Lipinski definition) is 2. The molecule has 0 spiro atoms. The van der Waals surface area contributed by atoms with Gasteiger partial charge in [0.05, 0.1) is 0 Å². The van der Waals surface area contributed by atoms with E-state index in [4.69, 9.17) is 5.11 Å². The summed E-state index contributed by atoms with van der Waals surface area (Å²) in [7, 11) is -3.74. The topological polar surface area (TPSA) is 83.5 Å². The molecule has 21 heavy (non-hydrogen) atoms. The van der Waals surface area contributed by atoms with Gasteiger partial charge in [0.1, 0.15) is 9.09 Å². The lowest BCUT2D eigenvalue weighted by Crippen LogP contribution is -2.26. The van der Waals surface area contributed by atoms with Crippen molar-refractivity contribution in [3.05, 3.63) is 51.3 Å². The Morgan fingerprint density at radius 2 is 1.86 bits per heavy atom. The number of hydrogen-bond acceptors (Lipinski definition) is 4. The van der Waals surface area contributed by atoms with Crippen LogP contribution in [0.4, 0.5) is 0 Å². The summed E-state index contributed by atoms with van der Waals surface area (Å²) >= 11 is 4.05. The summed E-state index contributed by atoms with van der Waals surface area (Å²) in [6.07, 6.45) is 0. The highest BCUT2D eigenvalue weighted by atomic mass is 79.9. The second kappa shape index (κ2) is 6.27. The van der Waals surface area contributed by atoms with Gasteiger partial charge in [-0.3, -0.25) is 0 Å². The van der Waals surface area contributed by atoms with Crippen LogP contribution in [0.5, 0.6) is 0 Å². The van der Waals surface area contributed by atoms with Crippen molar-refractivity contribution >= 4 is 43.3 Å². The van der Waals surface area contributed by atoms with E-state index in [2.05, 4.69) is 20.7 Å². The maximum absolute atomic E-state index is 12.2. The predicted octanol–water partition coefficient (Wildman–Crippen LogP) is 3.25. The first-order chi connectivity index (χ1) is 9.79. The monoisotopic (exact) mass is 389 g/mol. The summed E-state index contributed by atoms with van der Waals surface area (Å²) in [5.41, 5.74) is 0.816. The van der Waals surface area contributed by atoms with Crippen LogP contribution in [0.3, 0.4) is 0 Å². The summed E-state index contributed by atoms with van der Waals surface area (Å²) in [6, 6.07) is 9.44. The molecule has 1 aromatic carbocycles. The Kier molecular flexibility index (Phi) is 4.82. The minimum atomic E-state index is -3.74. The number of carbonyl (C=O) groups is 1. The average molecular weight is 390 g/mol. The van der Waals surface area contributed by atoms with E-state index < -0.39 is 22.0 Å². The van der Waals surface area contributed by atoms with Crippen molar-refractivity contribution in [2.24, 2.45) is 0 Å². The Balaban J connectivity index is 2.20. The van der Waals surface area contributed by atoms with Crippen LogP contribution in [-0.4, -0.2) is 19.5 Å². The third-order valence-electron chi connectivity index (χ3n) is 2.76. The minimum absolute atomic E-state index is 0.00771. The van der Waals surface area contributed by atoms with Crippen molar-refractivity contribution < 1.29 is 18.3 Å². The van der Waals surface area contributed by atoms with Crippen molar-refractivity contribution in [3.8, 4) is 0 Å². The van der Waals surface area contributed by atoms with E-state index in [0.717, 1.165) is 21.4 Å². The Morgan fingerprint density at radius 3 is 2.38 bits per heavy atom. The third kappa shape index (κ3) is 3.91. The quantitative estimate of drug-likeness (QED) is 0.821. The van der Waals surface area contributed by atoms with Gasteiger partial charge in [0.2, 0.25) is 0 Å². The molecule has 1 atom stereocenters. The normalized spacial score (nSPS) is 13.0. The zero-order valence-corrected chi connectivity index (χ0v) is 14.1. The van der Waals surface area contributed by atoms with Gasteiger partial charge in [-0.05, 0) is 36.8 Å². The van der Waals surface area contributed by atoms with Gasteiger partial charge in [0.25, 0.3) is 10.0 Å². The van der Waals surface area contributed by atoms with Crippen molar-refractivity contribution in [3.63, 3.8) is 0 Å². The van der Waals surface area contributed by atoms with E-state index in [-0.39, 0.29) is 9.09 Å². The maximum Gasteiger partial charge on any atom is 0.345 e. The molecule has 112 valence electrons. The van der Waals surface area contributed by atoms with E-state index >= 15 is 0 Å². The zero-order valence-electron chi connectivity index (χ0n) is 10.9. The molecule has 2 N–H and O–H groups in total. The van der Waals surface area contributed by atoms with Crippen molar-refractivity contribution in [2.45, 2.75) is 17.2 Å². The van der Waals surface area contributed by atoms with E-state index in [9.17, 15) is 13.2 Å². The Morgan fingerprint density at radius 1 is 1.24 bits per heavy atom. The maximum atomic E-state index is 12.2. The first kappa shape index (κ1) is 16.2. The summed E-state index contributed by atoms with van der Waals surface area (Å²) in [6.45, 7) is 1.73. The van der Waals surface area contributed by atoms with Crippen molar-refractivity contribution in [2.75, 3.05) is 0 Å². The van der Waals surface area contributed by atoms with Crippen LogP contribution in [0.2, 0.25) is 0 Å². The van der Waals surface area contributed by atoms with Crippen LogP contribution < -0.4 is 4.72 Å². The molecule has 0 amide bonds. The molecule has 0 aliphatic heterocycles. The van der Waals surface area contributed by atoms with Crippen LogP contribution >= 0.6 is 27.3 Å². The van der Waals surface area contributed by atoms with Crippen LogP contribution in [0.1, 0.15) is 28.2 Å². The summed E-state index contributed by atoms with van der Waals surface area (Å²) in [5.74, 6) is -1.14. The van der Waals surface area contributed by atoms with Gasteiger partial charge < -0.3 is 5.11 Å².